The fraction of sp³-hybridized carbons (Fsp3) is 0.857. The van der Waals surface area contributed by atoms with Crippen LogP contribution in [0.5, 0.6) is 0 Å². The van der Waals surface area contributed by atoms with Gasteiger partial charge in [0.05, 0.1) is 5.60 Å². The van der Waals surface area contributed by atoms with Crippen LogP contribution < -0.4 is 5.32 Å². The van der Waals surface area contributed by atoms with Gasteiger partial charge in [0.25, 0.3) is 0 Å². The van der Waals surface area contributed by atoms with Crippen molar-refractivity contribution in [2.24, 2.45) is 35.0 Å². The lowest BCUT2D eigenvalue weighted by molar-refractivity contribution is -0.204. The second-order valence-electron chi connectivity index (χ2n) is 13.2. The van der Waals surface area contributed by atoms with Crippen LogP contribution in [0, 0.1) is 35.0 Å². The lowest BCUT2D eigenvalue weighted by atomic mass is 9.35. The van der Waals surface area contributed by atoms with E-state index in [1.54, 1.807) is 0 Å². The van der Waals surface area contributed by atoms with Gasteiger partial charge in [-0.1, -0.05) is 38.2 Å². The molecule has 0 aromatic rings. The molecule has 6 aliphatic carbocycles. The minimum atomic E-state index is -0.782. The Bertz CT molecular complexity index is 787. The molecule has 0 aromatic heterocycles. The number of fused-ring (bicyclic) bond motifs is 1. The first-order valence-electron chi connectivity index (χ1n) is 13.3. The molecule has 0 aromatic carbocycles. The second kappa shape index (κ2) is 7.10. The Labute approximate surface area is 189 Å². The fourth-order valence-corrected chi connectivity index (χ4v) is 9.25. The summed E-state index contributed by atoms with van der Waals surface area (Å²) >= 11 is 0. The Morgan fingerprint density at radius 2 is 1.87 bits per heavy atom. The molecule has 6 rings (SSSR count). The van der Waals surface area contributed by atoms with Crippen LogP contribution in [0.4, 0.5) is 0 Å². The monoisotopic (exact) mass is 425 g/mol. The van der Waals surface area contributed by atoms with Crippen LogP contribution in [0.1, 0.15) is 97.8 Å². The van der Waals surface area contributed by atoms with Crippen LogP contribution in [0.3, 0.4) is 0 Å². The highest BCUT2D eigenvalue weighted by atomic mass is 16.6. The van der Waals surface area contributed by atoms with E-state index >= 15 is 0 Å². The standard InChI is InChI=1S/C28H43NO2/c1-26(2,3)31-25(30)20-9-10-24(21(13-20)11-18-7-5-4-6-8-18)29-27-15-19-12-22-14-23(17-27)28(22,27)16-19/h9-10,18-19,21-23,25,29-30H,4-8,11-17H2,1-3H3. The van der Waals surface area contributed by atoms with Gasteiger partial charge in [-0.3, -0.25) is 0 Å². The maximum absolute atomic E-state index is 10.8. The van der Waals surface area contributed by atoms with Crippen molar-refractivity contribution in [3.05, 3.63) is 23.4 Å². The van der Waals surface area contributed by atoms with E-state index in [4.69, 9.17) is 4.74 Å². The van der Waals surface area contributed by atoms with Gasteiger partial charge in [0.15, 0.2) is 6.29 Å². The summed E-state index contributed by atoms with van der Waals surface area (Å²) in [5, 5.41) is 15.0. The lowest BCUT2D eigenvalue weighted by Crippen LogP contribution is -2.76. The van der Waals surface area contributed by atoms with E-state index in [1.807, 2.05) is 20.8 Å². The molecule has 6 aliphatic rings. The predicted octanol–water partition coefficient (Wildman–Crippen LogP) is 6.09. The van der Waals surface area contributed by atoms with Crippen LogP contribution in [0.25, 0.3) is 0 Å². The van der Waals surface area contributed by atoms with Crippen molar-refractivity contribution in [3.63, 3.8) is 0 Å². The zero-order valence-electron chi connectivity index (χ0n) is 20.0. The molecule has 0 saturated heterocycles. The molecule has 7 atom stereocenters. The number of rotatable bonds is 6. The van der Waals surface area contributed by atoms with E-state index in [2.05, 4.69) is 17.5 Å². The van der Waals surface area contributed by atoms with Crippen LogP contribution in [-0.4, -0.2) is 22.5 Å². The van der Waals surface area contributed by atoms with E-state index in [-0.39, 0.29) is 5.60 Å². The van der Waals surface area contributed by atoms with Crippen LogP contribution in [0.15, 0.2) is 23.4 Å². The van der Waals surface area contributed by atoms with Crippen LogP contribution in [0.2, 0.25) is 0 Å². The zero-order chi connectivity index (χ0) is 21.4. The Morgan fingerprint density at radius 3 is 2.58 bits per heavy atom. The molecule has 0 amide bonds. The molecule has 5 fully saturated rings. The molecule has 0 radical (unpaired) electrons. The molecule has 31 heavy (non-hydrogen) atoms. The van der Waals surface area contributed by atoms with Crippen molar-refractivity contribution in [1.29, 1.82) is 0 Å². The Hall–Kier alpha value is -0.800. The molecule has 0 heterocycles. The second-order valence-corrected chi connectivity index (χ2v) is 13.2. The minimum absolute atomic E-state index is 0.331. The SMILES string of the molecule is CC(C)(C)OC(O)C1=CC=C(NC23CC4CC5CC(C2)C53C4)C(CC2CCCCC2)C1. The molecule has 1 spiro atoms. The molecule has 7 unspecified atom stereocenters. The van der Waals surface area contributed by atoms with Crippen molar-refractivity contribution in [3.8, 4) is 0 Å². The zero-order valence-corrected chi connectivity index (χ0v) is 20.0. The van der Waals surface area contributed by atoms with E-state index in [0.717, 1.165) is 35.7 Å². The maximum atomic E-state index is 10.8. The van der Waals surface area contributed by atoms with Gasteiger partial charge in [-0.15, -0.1) is 0 Å². The quantitative estimate of drug-likeness (QED) is 0.506. The average molecular weight is 426 g/mol. The number of aliphatic hydroxyl groups excluding tert-OH is 1. The third kappa shape index (κ3) is 3.20. The first-order chi connectivity index (χ1) is 14.8. The van der Waals surface area contributed by atoms with E-state index in [9.17, 15) is 5.11 Å². The van der Waals surface area contributed by atoms with E-state index in [1.165, 1.54) is 76.3 Å². The van der Waals surface area contributed by atoms with E-state index in [0.29, 0.717) is 16.9 Å². The van der Waals surface area contributed by atoms with Gasteiger partial charge < -0.3 is 15.2 Å². The summed E-state index contributed by atoms with van der Waals surface area (Å²) in [7, 11) is 0. The van der Waals surface area contributed by atoms with Gasteiger partial charge in [0.1, 0.15) is 0 Å². The number of hydrogen-bond donors (Lipinski definition) is 2. The molecule has 5 saturated carbocycles. The summed E-state index contributed by atoms with van der Waals surface area (Å²) in [4.78, 5) is 0. The minimum Gasteiger partial charge on any atom is -0.382 e. The van der Waals surface area contributed by atoms with Gasteiger partial charge in [0.2, 0.25) is 0 Å². The highest BCUT2D eigenvalue weighted by molar-refractivity contribution is 5.37. The third-order valence-corrected chi connectivity index (χ3v) is 10.3. The summed E-state index contributed by atoms with van der Waals surface area (Å²) in [6, 6.07) is 0. The molecule has 2 N–H and O–H groups in total. The highest BCUT2D eigenvalue weighted by Crippen LogP contribution is 2.82. The van der Waals surface area contributed by atoms with Gasteiger partial charge in [-0.2, -0.15) is 0 Å². The summed E-state index contributed by atoms with van der Waals surface area (Å²) < 4.78 is 5.93. The van der Waals surface area contributed by atoms with Crippen LogP contribution in [-0.2, 0) is 4.74 Å². The molecule has 172 valence electrons. The van der Waals surface area contributed by atoms with Crippen molar-refractivity contribution >= 4 is 0 Å². The molecule has 0 aliphatic heterocycles. The average Bonchev–Trinajstić information content (AvgIpc) is 3.18. The normalized spacial score (nSPS) is 44.6. The Kier molecular flexibility index (Phi) is 4.76. The summed E-state index contributed by atoms with van der Waals surface area (Å²) in [6.45, 7) is 6.08. The summed E-state index contributed by atoms with van der Waals surface area (Å²) in [6.07, 6.45) is 20.3. The van der Waals surface area contributed by atoms with E-state index < -0.39 is 6.29 Å². The third-order valence-electron chi connectivity index (χ3n) is 10.3. The molecule has 2 bridgehead atoms. The fourth-order valence-electron chi connectivity index (χ4n) is 9.25. The van der Waals surface area contributed by atoms with Crippen molar-refractivity contribution in [2.45, 2.75) is 115 Å². The maximum Gasteiger partial charge on any atom is 0.178 e. The topological polar surface area (TPSA) is 41.5 Å². The number of nitrogens with one attached hydrogen (secondary N) is 1. The largest absolute Gasteiger partial charge is 0.382 e. The molecule has 3 heteroatoms. The van der Waals surface area contributed by atoms with Crippen LogP contribution >= 0.6 is 0 Å². The smallest absolute Gasteiger partial charge is 0.178 e. The molecular formula is C28H43NO2. The van der Waals surface area contributed by atoms with Crippen molar-refractivity contribution in [1.82, 2.24) is 5.32 Å². The number of ether oxygens (including phenoxy) is 1. The van der Waals surface area contributed by atoms with Crippen molar-refractivity contribution < 1.29 is 9.84 Å². The molecular weight excluding hydrogens is 382 g/mol. The summed E-state index contributed by atoms with van der Waals surface area (Å²) in [5.41, 5.74) is 3.29. The number of hydrogen-bond acceptors (Lipinski definition) is 3. The van der Waals surface area contributed by atoms with Gasteiger partial charge in [-0.05, 0) is 106 Å². The Balaban J connectivity index is 1.23. The predicted molar refractivity (Wildman–Crippen MR) is 124 cm³/mol. The van der Waals surface area contributed by atoms with Crippen molar-refractivity contribution in [2.75, 3.05) is 0 Å². The van der Waals surface area contributed by atoms with Gasteiger partial charge in [0, 0.05) is 17.2 Å². The van der Waals surface area contributed by atoms with Gasteiger partial charge >= 0.3 is 0 Å². The van der Waals surface area contributed by atoms with Gasteiger partial charge in [-0.25, -0.2) is 0 Å². The summed E-state index contributed by atoms with van der Waals surface area (Å²) in [5.74, 6) is 4.39. The lowest BCUT2D eigenvalue weighted by Gasteiger charge is -2.73. The Morgan fingerprint density at radius 1 is 1.06 bits per heavy atom. The molecule has 3 nitrogen and oxygen atoms in total. The first-order valence-corrected chi connectivity index (χ1v) is 13.3. The number of allylic oxidation sites excluding steroid dienone is 3. The highest BCUT2D eigenvalue weighted by Gasteiger charge is 2.80. The first kappa shape index (κ1) is 20.8. The number of aliphatic hydroxyl groups is 1.